The number of rotatable bonds is 6. The summed E-state index contributed by atoms with van der Waals surface area (Å²) in [5, 5.41) is 9.13. The smallest absolute Gasteiger partial charge is 0.252 e. The fourth-order valence-electron chi connectivity index (χ4n) is 4.45. The van der Waals surface area contributed by atoms with E-state index in [4.69, 9.17) is 4.74 Å². The minimum Gasteiger partial charge on any atom is -0.381 e. The standard InChI is InChI=1S/C23H30N2O2S/c1-17(18-7-3-2-4-8-18)25-23(11-13-27-14-12-23)16-24-22(26)20-15-28-21-10-6-5-9-19(20)21/h2-4,7-8,15,17,25H,5-6,9-14,16H2,1H3,(H,24,26). The lowest BCUT2D eigenvalue weighted by Gasteiger charge is -2.40. The van der Waals surface area contributed by atoms with Crippen LogP contribution in [0.15, 0.2) is 35.7 Å². The quantitative estimate of drug-likeness (QED) is 0.765. The summed E-state index contributed by atoms with van der Waals surface area (Å²) in [6.07, 6.45) is 6.44. The molecule has 4 rings (SSSR count). The molecule has 1 aliphatic carbocycles. The molecule has 1 fully saturated rings. The summed E-state index contributed by atoms with van der Waals surface area (Å²) >= 11 is 1.75. The van der Waals surface area contributed by atoms with Crippen molar-refractivity contribution >= 4 is 17.2 Å². The van der Waals surface area contributed by atoms with E-state index in [2.05, 4.69) is 47.2 Å². The zero-order valence-corrected chi connectivity index (χ0v) is 17.4. The van der Waals surface area contributed by atoms with Crippen molar-refractivity contribution in [1.29, 1.82) is 0 Å². The van der Waals surface area contributed by atoms with Crippen molar-refractivity contribution < 1.29 is 9.53 Å². The number of carbonyl (C=O) groups is 1. The molecule has 2 aromatic rings. The fourth-order valence-corrected chi connectivity index (χ4v) is 5.57. The predicted octanol–water partition coefficient (Wildman–Crippen LogP) is 4.26. The van der Waals surface area contributed by atoms with Crippen LogP contribution in [0.25, 0.3) is 0 Å². The van der Waals surface area contributed by atoms with Gasteiger partial charge in [-0.25, -0.2) is 0 Å². The lowest BCUT2D eigenvalue weighted by atomic mass is 9.88. The molecule has 0 radical (unpaired) electrons. The monoisotopic (exact) mass is 398 g/mol. The van der Waals surface area contributed by atoms with Gasteiger partial charge in [-0.1, -0.05) is 30.3 Å². The molecule has 0 spiro atoms. The normalized spacial score (nSPS) is 19.6. The molecule has 28 heavy (non-hydrogen) atoms. The number of carbonyl (C=O) groups excluding carboxylic acids is 1. The number of amides is 1. The second-order valence-electron chi connectivity index (χ2n) is 8.11. The Morgan fingerprint density at radius 2 is 1.93 bits per heavy atom. The number of benzene rings is 1. The van der Waals surface area contributed by atoms with Gasteiger partial charge < -0.3 is 15.4 Å². The molecule has 1 aromatic heterocycles. The Morgan fingerprint density at radius 1 is 1.18 bits per heavy atom. The van der Waals surface area contributed by atoms with Crippen LogP contribution in [-0.2, 0) is 17.6 Å². The van der Waals surface area contributed by atoms with Crippen LogP contribution in [0.3, 0.4) is 0 Å². The maximum atomic E-state index is 13.0. The molecule has 0 bridgehead atoms. The van der Waals surface area contributed by atoms with Gasteiger partial charge in [0.1, 0.15) is 0 Å². The van der Waals surface area contributed by atoms with Crippen molar-refractivity contribution in [3.05, 3.63) is 57.3 Å². The molecule has 1 aliphatic heterocycles. The van der Waals surface area contributed by atoms with Crippen LogP contribution >= 0.6 is 11.3 Å². The molecule has 1 saturated heterocycles. The number of hydrogen-bond donors (Lipinski definition) is 2. The molecule has 2 aliphatic rings. The van der Waals surface area contributed by atoms with E-state index in [9.17, 15) is 4.79 Å². The van der Waals surface area contributed by atoms with Crippen molar-refractivity contribution in [1.82, 2.24) is 10.6 Å². The molecule has 1 amide bonds. The highest BCUT2D eigenvalue weighted by atomic mass is 32.1. The first kappa shape index (κ1) is 19.6. The molecular formula is C23H30N2O2S. The number of hydrogen-bond acceptors (Lipinski definition) is 4. The van der Waals surface area contributed by atoms with Crippen molar-refractivity contribution in [2.45, 2.75) is 57.0 Å². The minimum absolute atomic E-state index is 0.0828. The van der Waals surface area contributed by atoms with Gasteiger partial charge in [-0.05, 0) is 56.6 Å². The van der Waals surface area contributed by atoms with Gasteiger partial charge in [-0.15, -0.1) is 11.3 Å². The average molecular weight is 399 g/mol. The van der Waals surface area contributed by atoms with E-state index in [1.165, 1.54) is 28.8 Å². The number of ether oxygens (including phenoxy) is 1. The molecule has 5 heteroatoms. The third-order valence-electron chi connectivity index (χ3n) is 6.17. The zero-order chi connectivity index (χ0) is 19.4. The Kier molecular flexibility index (Phi) is 6.14. The third kappa shape index (κ3) is 4.32. The van der Waals surface area contributed by atoms with Gasteiger partial charge in [0.05, 0.1) is 5.56 Å². The van der Waals surface area contributed by atoms with Crippen molar-refractivity contribution in [2.24, 2.45) is 0 Å². The molecule has 4 nitrogen and oxygen atoms in total. The van der Waals surface area contributed by atoms with Gasteiger partial charge in [-0.3, -0.25) is 4.79 Å². The first-order valence-corrected chi connectivity index (χ1v) is 11.3. The molecule has 1 atom stereocenters. The number of nitrogens with one attached hydrogen (secondary N) is 2. The summed E-state index contributed by atoms with van der Waals surface area (Å²) in [4.78, 5) is 14.4. The molecule has 0 saturated carbocycles. The van der Waals surface area contributed by atoms with E-state index < -0.39 is 0 Å². The molecule has 150 valence electrons. The molecule has 2 heterocycles. The van der Waals surface area contributed by atoms with E-state index >= 15 is 0 Å². The van der Waals surface area contributed by atoms with Gasteiger partial charge in [0.15, 0.2) is 0 Å². The van der Waals surface area contributed by atoms with E-state index in [-0.39, 0.29) is 17.5 Å². The van der Waals surface area contributed by atoms with E-state index in [0.717, 1.165) is 44.5 Å². The van der Waals surface area contributed by atoms with Crippen molar-refractivity contribution in [3.8, 4) is 0 Å². The SMILES string of the molecule is CC(NC1(CNC(=O)c2csc3c2CCCC3)CCOCC1)c1ccccc1. The first-order valence-electron chi connectivity index (χ1n) is 10.4. The maximum Gasteiger partial charge on any atom is 0.252 e. The van der Waals surface area contributed by atoms with E-state index in [1.54, 1.807) is 11.3 Å². The molecule has 1 aromatic carbocycles. The van der Waals surface area contributed by atoms with Crippen molar-refractivity contribution in [3.63, 3.8) is 0 Å². The van der Waals surface area contributed by atoms with Gasteiger partial charge >= 0.3 is 0 Å². The average Bonchev–Trinajstić information content (AvgIpc) is 3.18. The fraction of sp³-hybridized carbons (Fsp3) is 0.522. The lowest BCUT2D eigenvalue weighted by molar-refractivity contribution is 0.0332. The van der Waals surface area contributed by atoms with Gasteiger partial charge in [0.25, 0.3) is 5.91 Å². The van der Waals surface area contributed by atoms with E-state index in [0.29, 0.717) is 6.54 Å². The van der Waals surface area contributed by atoms with Crippen LogP contribution in [0.2, 0.25) is 0 Å². The molecular weight excluding hydrogens is 368 g/mol. The lowest BCUT2D eigenvalue weighted by Crippen LogP contribution is -2.57. The van der Waals surface area contributed by atoms with Gasteiger partial charge in [-0.2, -0.15) is 0 Å². The molecule has 2 N–H and O–H groups in total. The van der Waals surface area contributed by atoms with Gasteiger partial charge in [0.2, 0.25) is 0 Å². The third-order valence-corrected chi connectivity index (χ3v) is 7.25. The Hall–Kier alpha value is -1.69. The Balaban J connectivity index is 1.44. The highest BCUT2D eigenvalue weighted by Gasteiger charge is 2.34. The van der Waals surface area contributed by atoms with Crippen LogP contribution in [0.1, 0.15) is 65.0 Å². The topological polar surface area (TPSA) is 50.4 Å². The van der Waals surface area contributed by atoms with Crippen LogP contribution in [0, 0.1) is 0 Å². The number of thiophene rings is 1. The van der Waals surface area contributed by atoms with Crippen LogP contribution in [0.5, 0.6) is 0 Å². The summed E-state index contributed by atoms with van der Waals surface area (Å²) < 4.78 is 5.61. The maximum absolute atomic E-state index is 13.0. The zero-order valence-electron chi connectivity index (χ0n) is 16.6. The summed E-state index contributed by atoms with van der Waals surface area (Å²) in [5.41, 5.74) is 3.34. The second-order valence-corrected chi connectivity index (χ2v) is 9.07. The summed E-state index contributed by atoms with van der Waals surface area (Å²) in [6, 6.07) is 10.7. The number of aryl methyl sites for hydroxylation is 1. The summed E-state index contributed by atoms with van der Waals surface area (Å²) in [6.45, 7) is 4.30. The minimum atomic E-state index is -0.126. The predicted molar refractivity (Wildman–Crippen MR) is 114 cm³/mol. The van der Waals surface area contributed by atoms with Crippen molar-refractivity contribution in [2.75, 3.05) is 19.8 Å². The van der Waals surface area contributed by atoms with Crippen LogP contribution < -0.4 is 10.6 Å². The van der Waals surface area contributed by atoms with E-state index in [1.807, 2.05) is 6.07 Å². The second kappa shape index (κ2) is 8.76. The first-order chi connectivity index (χ1) is 13.7. The Labute approximate surface area is 171 Å². The Bertz CT molecular complexity index is 796. The Morgan fingerprint density at radius 3 is 2.71 bits per heavy atom. The summed E-state index contributed by atoms with van der Waals surface area (Å²) in [5.74, 6) is 0.0828. The van der Waals surface area contributed by atoms with Crippen LogP contribution in [0.4, 0.5) is 0 Å². The highest BCUT2D eigenvalue weighted by molar-refractivity contribution is 7.10. The molecule has 1 unspecified atom stereocenters. The largest absolute Gasteiger partial charge is 0.381 e. The number of fused-ring (bicyclic) bond motifs is 1. The summed E-state index contributed by atoms with van der Waals surface area (Å²) in [7, 11) is 0. The van der Waals surface area contributed by atoms with Gasteiger partial charge in [0, 0.05) is 41.6 Å². The highest BCUT2D eigenvalue weighted by Crippen LogP contribution is 2.30. The van der Waals surface area contributed by atoms with Crippen LogP contribution in [-0.4, -0.2) is 31.2 Å².